The van der Waals surface area contributed by atoms with Gasteiger partial charge in [-0.05, 0) is 12.2 Å². The summed E-state index contributed by atoms with van der Waals surface area (Å²) < 4.78 is 0. The van der Waals surface area contributed by atoms with Gasteiger partial charge in [0.25, 0.3) is 0 Å². The molecule has 2 rings (SSSR count). The van der Waals surface area contributed by atoms with E-state index in [0.29, 0.717) is 5.92 Å². The van der Waals surface area contributed by atoms with Crippen molar-refractivity contribution < 1.29 is 9.90 Å². The summed E-state index contributed by atoms with van der Waals surface area (Å²) in [5.74, 6) is 1.75. The van der Waals surface area contributed by atoms with E-state index in [1.54, 1.807) is 6.20 Å². The van der Waals surface area contributed by atoms with E-state index in [9.17, 15) is 4.79 Å². The summed E-state index contributed by atoms with van der Waals surface area (Å²) in [4.78, 5) is 17.2. The molecule has 1 fully saturated rings. The Hall–Kier alpha value is -0.970. The molecule has 5 heteroatoms. The highest BCUT2D eigenvalue weighted by molar-refractivity contribution is 7.99. The standard InChI is InChI=1S/C8H10N2O2S/c11-8(12)7-9-3-6(10-7)5-1-2-13-4-5/h3,5H,1-2,4H2,(H,9,10)(H,11,12). The SMILES string of the molecule is O=C(O)c1ncc(C2CCSC2)[nH]1. The number of aromatic amines is 1. The van der Waals surface area contributed by atoms with Crippen LogP contribution in [0.25, 0.3) is 0 Å². The number of carbonyl (C=O) groups is 1. The largest absolute Gasteiger partial charge is 0.475 e. The van der Waals surface area contributed by atoms with Crippen molar-refractivity contribution in [2.45, 2.75) is 12.3 Å². The van der Waals surface area contributed by atoms with Crippen molar-refractivity contribution in [1.82, 2.24) is 9.97 Å². The van der Waals surface area contributed by atoms with Gasteiger partial charge in [-0.3, -0.25) is 0 Å². The van der Waals surface area contributed by atoms with E-state index in [1.165, 1.54) is 0 Å². The van der Waals surface area contributed by atoms with E-state index in [2.05, 4.69) is 9.97 Å². The van der Waals surface area contributed by atoms with Gasteiger partial charge in [-0.1, -0.05) is 0 Å². The molecule has 0 spiro atoms. The Balaban J connectivity index is 2.16. The quantitative estimate of drug-likeness (QED) is 0.752. The number of H-pyrrole nitrogens is 1. The van der Waals surface area contributed by atoms with Crippen LogP contribution < -0.4 is 0 Å². The van der Waals surface area contributed by atoms with Gasteiger partial charge in [0.2, 0.25) is 5.82 Å². The molecule has 1 aromatic heterocycles. The molecule has 0 aliphatic carbocycles. The van der Waals surface area contributed by atoms with Gasteiger partial charge < -0.3 is 10.1 Å². The summed E-state index contributed by atoms with van der Waals surface area (Å²) in [5, 5.41) is 8.64. The topological polar surface area (TPSA) is 66.0 Å². The first-order valence-electron chi connectivity index (χ1n) is 4.13. The molecule has 1 aliphatic rings. The fraction of sp³-hybridized carbons (Fsp3) is 0.500. The molecular formula is C8H10N2O2S. The van der Waals surface area contributed by atoms with Crippen LogP contribution in [-0.2, 0) is 0 Å². The number of imidazole rings is 1. The Labute approximate surface area is 79.8 Å². The lowest BCUT2D eigenvalue weighted by molar-refractivity contribution is 0.0684. The molecule has 2 N–H and O–H groups in total. The summed E-state index contributed by atoms with van der Waals surface area (Å²) in [6.45, 7) is 0. The smallest absolute Gasteiger partial charge is 0.371 e. The molecule has 13 heavy (non-hydrogen) atoms. The Morgan fingerprint density at radius 3 is 3.15 bits per heavy atom. The first kappa shape index (κ1) is 8.62. The second kappa shape index (κ2) is 3.41. The molecule has 1 unspecified atom stereocenters. The fourth-order valence-corrected chi connectivity index (χ4v) is 2.68. The lowest BCUT2D eigenvalue weighted by atomic mass is 10.1. The van der Waals surface area contributed by atoms with Crippen LogP contribution in [0, 0.1) is 0 Å². The number of nitrogens with one attached hydrogen (secondary N) is 1. The third-order valence-electron chi connectivity index (χ3n) is 2.17. The maximum Gasteiger partial charge on any atom is 0.371 e. The van der Waals surface area contributed by atoms with Gasteiger partial charge >= 0.3 is 5.97 Å². The zero-order valence-corrected chi connectivity index (χ0v) is 7.80. The molecule has 0 bridgehead atoms. The molecule has 0 saturated carbocycles. The van der Waals surface area contributed by atoms with Crippen LogP contribution in [0.15, 0.2) is 6.20 Å². The highest BCUT2D eigenvalue weighted by atomic mass is 32.2. The lowest BCUT2D eigenvalue weighted by Crippen LogP contribution is -2.01. The molecule has 0 radical (unpaired) electrons. The van der Waals surface area contributed by atoms with Crippen LogP contribution in [0.2, 0.25) is 0 Å². The summed E-state index contributed by atoms with van der Waals surface area (Å²) in [6, 6.07) is 0. The molecule has 1 aliphatic heterocycles. The van der Waals surface area contributed by atoms with Crippen molar-refractivity contribution in [3.63, 3.8) is 0 Å². The second-order valence-electron chi connectivity index (χ2n) is 3.05. The summed E-state index contributed by atoms with van der Waals surface area (Å²) in [5.41, 5.74) is 0.961. The number of carboxylic acid groups (broad SMARTS) is 1. The third kappa shape index (κ3) is 1.70. The minimum absolute atomic E-state index is 0.0481. The predicted molar refractivity (Wildman–Crippen MR) is 50.2 cm³/mol. The van der Waals surface area contributed by atoms with Gasteiger partial charge in [0.05, 0.1) is 0 Å². The first-order valence-corrected chi connectivity index (χ1v) is 5.29. The van der Waals surface area contributed by atoms with E-state index in [-0.39, 0.29) is 5.82 Å². The minimum atomic E-state index is -0.989. The van der Waals surface area contributed by atoms with Gasteiger partial charge in [-0.25, -0.2) is 9.78 Å². The second-order valence-corrected chi connectivity index (χ2v) is 4.20. The van der Waals surface area contributed by atoms with Gasteiger partial charge in [0.15, 0.2) is 0 Å². The van der Waals surface area contributed by atoms with Gasteiger partial charge in [0.1, 0.15) is 0 Å². The van der Waals surface area contributed by atoms with E-state index in [4.69, 9.17) is 5.11 Å². The average molecular weight is 198 g/mol. The van der Waals surface area contributed by atoms with Gasteiger partial charge in [-0.2, -0.15) is 11.8 Å². The Morgan fingerprint density at radius 2 is 2.62 bits per heavy atom. The van der Waals surface area contributed by atoms with E-state index < -0.39 is 5.97 Å². The number of aromatic nitrogens is 2. The molecule has 1 aromatic rings. The maximum absolute atomic E-state index is 10.5. The number of carboxylic acids is 1. The lowest BCUT2D eigenvalue weighted by Gasteiger charge is -2.02. The number of thioether (sulfide) groups is 1. The Bertz CT molecular complexity index is 318. The van der Waals surface area contributed by atoms with Crippen LogP contribution in [0.5, 0.6) is 0 Å². The molecule has 2 heterocycles. The highest BCUT2D eigenvalue weighted by Gasteiger charge is 2.20. The summed E-state index contributed by atoms with van der Waals surface area (Å²) in [6.07, 6.45) is 2.76. The Morgan fingerprint density at radius 1 is 1.77 bits per heavy atom. The number of hydrogen-bond donors (Lipinski definition) is 2. The van der Waals surface area contributed by atoms with Crippen molar-refractivity contribution in [2.75, 3.05) is 11.5 Å². The van der Waals surface area contributed by atoms with E-state index in [0.717, 1.165) is 23.6 Å². The van der Waals surface area contributed by atoms with Crippen LogP contribution in [0.3, 0.4) is 0 Å². The molecule has 0 aromatic carbocycles. The van der Waals surface area contributed by atoms with E-state index >= 15 is 0 Å². The van der Waals surface area contributed by atoms with E-state index in [1.807, 2.05) is 11.8 Å². The zero-order chi connectivity index (χ0) is 9.26. The monoisotopic (exact) mass is 198 g/mol. The number of hydrogen-bond acceptors (Lipinski definition) is 3. The van der Waals surface area contributed by atoms with Crippen molar-refractivity contribution in [3.05, 3.63) is 17.7 Å². The van der Waals surface area contributed by atoms with Gasteiger partial charge in [0, 0.05) is 23.6 Å². The Kier molecular flexibility index (Phi) is 2.26. The average Bonchev–Trinajstić information content (AvgIpc) is 2.75. The van der Waals surface area contributed by atoms with Crippen molar-refractivity contribution in [2.24, 2.45) is 0 Å². The molecular weight excluding hydrogens is 188 g/mol. The number of nitrogens with zero attached hydrogens (tertiary/aromatic N) is 1. The summed E-state index contributed by atoms with van der Waals surface area (Å²) in [7, 11) is 0. The first-order chi connectivity index (χ1) is 6.27. The summed E-state index contributed by atoms with van der Waals surface area (Å²) >= 11 is 1.90. The van der Waals surface area contributed by atoms with Gasteiger partial charge in [-0.15, -0.1) is 0 Å². The predicted octanol–water partition coefficient (Wildman–Crippen LogP) is 1.33. The fourth-order valence-electron chi connectivity index (χ4n) is 1.43. The maximum atomic E-state index is 10.5. The molecule has 0 amide bonds. The molecule has 4 nitrogen and oxygen atoms in total. The third-order valence-corrected chi connectivity index (χ3v) is 3.33. The van der Waals surface area contributed by atoms with Crippen LogP contribution in [0.4, 0.5) is 0 Å². The van der Waals surface area contributed by atoms with Crippen molar-refractivity contribution >= 4 is 17.7 Å². The molecule has 70 valence electrons. The normalized spacial score (nSPS) is 22.0. The van der Waals surface area contributed by atoms with Crippen molar-refractivity contribution in [3.8, 4) is 0 Å². The van der Waals surface area contributed by atoms with Crippen molar-refractivity contribution in [1.29, 1.82) is 0 Å². The molecule has 1 atom stereocenters. The number of rotatable bonds is 2. The van der Waals surface area contributed by atoms with Crippen LogP contribution >= 0.6 is 11.8 Å². The van der Waals surface area contributed by atoms with Crippen LogP contribution in [0.1, 0.15) is 28.7 Å². The zero-order valence-electron chi connectivity index (χ0n) is 6.99. The molecule has 1 saturated heterocycles. The van der Waals surface area contributed by atoms with Crippen LogP contribution in [-0.4, -0.2) is 32.5 Å². The number of aromatic carboxylic acids is 1. The highest BCUT2D eigenvalue weighted by Crippen LogP contribution is 2.31. The minimum Gasteiger partial charge on any atom is -0.475 e.